The fourth-order valence-electron chi connectivity index (χ4n) is 2.32. The number of carbonyl (C=O) groups excluding carboxylic acids is 1. The van der Waals surface area contributed by atoms with E-state index in [1.807, 2.05) is 0 Å². The van der Waals surface area contributed by atoms with Gasteiger partial charge in [0.1, 0.15) is 5.82 Å². The Morgan fingerprint density at radius 3 is 2.44 bits per heavy atom. The summed E-state index contributed by atoms with van der Waals surface area (Å²) < 4.78 is 42.8. The Bertz CT molecular complexity index is 1100. The second-order valence-corrected chi connectivity index (χ2v) is 7.30. The predicted octanol–water partition coefficient (Wildman–Crippen LogP) is 1.87. The molecular formula is C16H15FN6O3S. The van der Waals surface area contributed by atoms with Crippen LogP contribution in [0.3, 0.4) is 0 Å². The van der Waals surface area contributed by atoms with E-state index in [0.29, 0.717) is 17.2 Å². The molecule has 0 fully saturated rings. The average Bonchev–Trinajstić information content (AvgIpc) is 3.03. The molecule has 0 unspecified atom stereocenters. The van der Waals surface area contributed by atoms with Crippen molar-refractivity contribution in [2.75, 3.05) is 10.0 Å². The van der Waals surface area contributed by atoms with E-state index < -0.39 is 15.8 Å². The molecule has 0 radical (unpaired) electrons. The molecule has 0 saturated carbocycles. The SMILES string of the molecule is CC(=O)Nc1ccc(S(=O)(=O)Nc2cc(-n3nnnc3C)ccc2F)cc1. The number of halogens is 1. The van der Waals surface area contributed by atoms with Crippen LogP contribution in [0.2, 0.25) is 0 Å². The van der Waals surface area contributed by atoms with Crippen molar-refractivity contribution in [2.24, 2.45) is 0 Å². The van der Waals surface area contributed by atoms with Crippen molar-refractivity contribution in [1.29, 1.82) is 0 Å². The summed E-state index contributed by atoms with van der Waals surface area (Å²) in [4.78, 5) is 10.9. The number of hydrogen-bond donors (Lipinski definition) is 2. The van der Waals surface area contributed by atoms with Crippen LogP contribution < -0.4 is 10.0 Å². The molecule has 1 heterocycles. The standard InChI is InChI=1S/C16H15FN6O3S/c1-10-19-21-22-23(10)13-5-8-15(17)16(9-13)20-27(25,26)14-6-3-12(4-7-14)18-11(2)24/h3-9,20H,1-2H3,(H,18,24). The lowest BCUT2D eigenvalue weighted by Crippen LogP contribution is -2.15. The third-order valence-corrected chi connectivity index (χ3v) is 4.93. The number of carbonyl (C=O) groups is 1. The number of nitrogens with one attached hydrogen (secondary N) is 2. The van der Waals surface area contributed by atoms with E-state index in [9.17, 15) is 17.6 Å². The molecule has 1 aromatic heterocycles. The summed E-state index contributed by atoms with van der Waals surface area (Å²) in [6.45, 7) is 3.00. The summed E-state index contributed by atoms with van der Waals surface area (Å²) >= 11 is 0. The van der Waals surface area contributed by atoms with Crippen LogP contribution in [0.15, 0.2) is 47.4 Å². The fraction of sp³-hybridized carbons (Fsp3) is 0.125. The van der Waals surface area contributed by atoms with Crippen LogP contribution in [0, 0.1) is 12.7 Å². The molecule has 140 valence electrons. The number of aryl methyl sites for hydroxylation is 1. The highest BCUT2D eigenvalue weighted by molar-refractivity contribution is 7.92. The minimum Gasteiger partial charge on any atom is -0.326 e. The Balaban J connectivity index is 1.89. The quantitative estimate of drug-likeness (QED) is 0.686. The van der Waals surface area contributed by atoms with Crippen molar-refractivity contribution in [3.05, 3.63) is 54.1 Å². The summed E-state index contributed by atoms with van der Waals surface area (Å²) in [5.41, 5.74) is 0.606. The summed E-state index contributed by atoms with van der Waals surface area (Å²) in [7, 11) is -4.04. The second kappa shape index (κ2) is 7.11. The van der Waals surface area contributed by atoms with Gasteiger partial charge in [-0.3, -0.25) is 9.52 Å². The molecule has 0 atom stereocenters. The zero-order valence-corrected chi connectivity index (χ0v) is 15.2. The first-order valence-electron chi connectivity index (χ1n) is 7.71. The van der Waals surface area contributed by atoms with Crippen LogP contribution in [0.1, 0.15) is 12.7 Å². The number of amides is 1. The third-order valence-electron chi connectivity index (χ3n) is 3.55. The first-order valence-corrected chi connectivity index (χ1v) is 9.20. The average molecular weight is 390 g/mol. The van der Waals surface area contributed by atoms with Gasteiger partial charge in [0.15, 0.2) is 5.82 Å². The molecule has 0 aliphatic carbocycles. The van der Waals surface area contributed by atoms with Crippen LogP contribution in [0.25, 0.3) is 5.69 Å². The maximum atomic E-state index is 14.1. The van der Waals surface area contributed by atoms with Crippen LogP contribution >= 0.6 is 0 Å². The summed E-state index contributed by atoms with van der Waals surface area (Å²) in [5, 5.41) is 13.5. The molecule has 0 aliphatic heterocycles. The van der Waals surface area contributed by atoms with Gasteiger partial charge in [0.05, 0.1) is 16.3 Å². The van der Waals surface area contributed by atoms with Crippen LogP contribution in [0.5, 0.6) is 0 Å². The number of aromatic nitrogens is 4. The highest BCUT2D eigenvalue weighted by Gasteiger charge is 2.17. The van der Waals surface area contributed by atoms with Crippen molar-refractivity contribution < 1.29 is 17.6 Å². The minimum absolute atomic E-state index is 0.0833. The lowest BCUT2D eigenvalue weighted by Gasteiger charge is -2.11. The van der Waals surface area contributed by atoms with Gasteiger partial charge in [0.2, 0.25) is 5.91 Å². The molecular weight excluding hydrogens is 375 g/mol. The lowest BCUT2D eigenvalue weighted by atomic mass is 10.2. The van der Waals surface area contributed by atoms with Gasteiger partial charge < -0.3 is 5.32 Å². The molecule has 0 aliphatic rings. The summed E-state index contributed by atoms with van der Waals surface area (Å²) in [6, 6.07) is 9.33. The molecule has 2 N–H and O–H groups in total. The number of benzene rings is 2. The number of rotatable bonds is 5. The number of nitrogens with zero attached hydrogens (tertiary/aromatic N) is 4. The molecule has 9 nitrogen and oxygen atoms in total. The minimum atomic E-state index is -4.04. The Hall–Kier alpha value is -3.34. The van der Waals surface area contributed by atoms with Gasteiger partial charge in [-0.05, 0) is 59.8 Å². The smallest absolute Gasteiger partial charge is 0.261 e. The largest absolute Gasteiger partial charge is 0.326 e. The van der Waals surface area contributed by atoms with Gasteiger partial charge in [-0.15, -0.1) is 5.10 Å². The lowest BCUT2D eigenvalue weighted by molar-refractivity contribution is -0.114. The Kier molecular flexibility index (Phi) is 4.86. The van der Waals surface area contributed by atoms with Crippen LogP contribution in [-0.2, 0) is 14.8 Å². The Morgan fingerprint density at radius 1 is 1.15 bits per heavy atom. The van der Waals surface area contributed by atoms with Gasteiger partial charge in [-0.25, -0.2) is 12.8 Å². The van der Waals surface area contributed by atoms with Crippen molar-refractivity contribution in [3.8, 4) is 5.69 Å². The van der Waals surface area contributed by atoms with E-state index in [4.69, 9.17) is 0 Å². The van der Waals surface area contributed by atoms with E-state index in [0.717, 1.165) is 6.07 Å². The maximum absolute atomic E-state index is 14.1. The monoisotopic (exact) mass is 390 g/mol. The van der Waals surface area contributed by atoms with Crippen molar-refractivity contribution in [1.82, 2.24) is 20.2 Å². The molecule has 3 rings (SSSR count). The van der Waals surface area contributed by atoms with Gasteiger partial charge >= 0.3 is 0 Å². The van der Waals surface area contributed by atoms with E-state index in [1.54, 1.807) is 6.92 Å². The van der Waals surface area contributed by atoms with Gasteiger partial charge in [-0.1, -0.05) is 0 Å². The summed E-state index contributed by atoms with van der Waals surface area (Å²) in [6.07, 6.45) is 0. The molecule has 0 bridgehead atoms. The van der Waals surface area contributed by atoms with E-state index in [2.05, 4.69) is 25.6 Å². The zero-order chi connectivity index (χ0) is 19.6. The predicted molar refractivity (Wildman–Crippen MR) is 95.4 cm³/mol. The number of tetrazole rings is 1. The number of sulfonamides is 1. The first-order chi connectivity index (χ1) is 12.8. The normalized spacial score (nSPS) is 11.2. The van der Waals surface area contributed by atoms with Crippen LogP contribution in [-0.4, -0.2) is 34.5 Å². The molecule has 3 aromatic rings. The summed E-state index contributed by atoms with van der Waals surface area (Å²) in [5.74, 6) is -0.563. The van der Waals surface area contributed by atoms with E-state index >= 15 is 0 Å². The molecule has 11 heteroatoms. The molecule has 0 saturated heterocycles. The maximum Gasteiger partial charge on any atom is 0.261 e. The van der Waals surface area contributed by atoms with E-state index in [-0.39, 0.29) is 16.5 Å². The number of anilines is 2. The third kappa shape index (κ3) is 4.08. The first kappa shape index (κ1) is 18.5. The van der Waals surface area contributed by atoms with E-state index in [1.165, 1.54) is 48.0 Å². The zero-order valence-electron chi connectivity index (χ0n) is 14.3. The molecule has 2 aromatic carbocycles. The van der Waals surface area contributed by atoms with Gasteiger partial charge in [-0.2, -0.15) is 4.68 Å². The van der Waals surface area contributed by atoms with Gasteiger partial charge in [0, 0.05) is 12.6 Å². The Labute approximate surface area is 154 Å². The number of hydrogen-bond acceptors (Lipinski definition) is 6. The van der Waals surface area contributed by atoms with Gasteiger partial charge in [0.25, 0.3) is 10.0 Å². The second-order valence-electron chi connectivity index (χ2n) is 5.61. The highest BCUT2D eigenvalue weighted by atomic mass is 32.2. The molecule has 27 heavy (non-hydrogen) atoms. The van der Waals surface area contributed by atoms with Crippen molar-refractivity contribution in [2.45, 2.75) is 18.7 Å². The highest BCUT2D eigenvalue weighted by Crippen LogP contribution is 2.23. The molecule has 0 spiro atoms. The van der Waals surface area contributed by atoms with Crippen molar-refractivity contribution >= 4 is 27.3 Å². The van der Waals surface area contributed by atoms with Crippen molar-refractivity contribution in [3.63, 3.8) is 0 Å². The topological polar surface area (TPSA) is 119 Å². The fourth-order valence-corrected chi connectivity index (χ4v) is 3.38. The molecule has 1 amide bonds. The Morgan fingerprint density at radius 2 is 1.85 bits per heavy atom. The van der Waals surface area contributed by atoms with Crippen LogP contribution in [0.4, 0.5) is 15.8 Å².